The molecule has 0 spiro atoms. The summed E-state index contributed by atoms with van der Waals surface area (Å²) in [5, 5.41) is 0. The van der Waals surface area contributed by atoms with Crippen LogP contribution in [-0.2, 0) is 22.9 Å². The quantitative estimate of drug-likeness (QED) is 0.516. The summed E-state index contributed by atoms with van der Waals surface area (Å²) in [6.45, 7) is 21.8. The van der Waals surface area contributed by atoms with Gasteiger partial charge in [0, 0.05) is 0 Å². The Morgan fingerprint density at radius 1 is 0.840 bits per heavy atom. The fraction of sp³-hybridized carbons (Fsp3) is 0.882. The molecule has 8 heteroatoms. The molecule has 0 radical (unpaired) electrons. The van der Waals surface area contributed by atoms with E-state index in [2.05, 4.69) is 19.6 Å². The minimum absolute atomic E-state index is 0.0833. The van der Waals surface area contributed by atoms with Gasteiger partial charge in [0.15, 0.2) is 8.32 Å². The predicted molar refractivity (Wildman–Crippen MR) is 110 cm³/mol. The van der Waals surface area contributed by atoms with Gasteiger partial charge in [-0.1, -0.05) is 6.92 Å². The average molecular weight is 407 g/mol. The Balaban J connectivity index is 5.65. The van der Waals surface area contributed by atoms with Crippen LogP contribution >= 0.6 is 0 Å². The summed E-state index contributed by atoms with van der Waals surface area (Å²) in [4.78, 5) is 25.3. The first kappa shape index (κ1) is 24.6. The molecular formula is C17H38O5Si3. The third-order valence-electron chi connectivity index (χ3n) is 3.52. The molecule has 25 heavy (non-hydrogen) atoms. The lowest BCUT2D eigenvalue weighted by molar-refractivity contribution is -0.152. The molecule has 0 bridgehead atoms. The fourth-order valence-corrected chi connectivity index (χ4v) is 5.77. The van der Waals surface area contributed by atoms with Crippen LogP contribution < -0.4 is 0 Å². The maximum Gasteiger partial charge on any atom is 0.298 e. The molecule has 0 aromatic carbocycles. The summed E-state index contributed by atoms with van der Waals surface area (Å²) < 4.78 is 17.8. The van der Waals surface area contributed by atoms with E-state index in [1.54, 1.807) is 0 Å². The van der Waals surface area contributed by atoms with Crippen molar-refractivity contribution < 1.29 is 22.9 Å². The Kier molecular flexibility index (Phi) is 8.34. The minimum atomic E-state index is -2.01. The van der Waals surface area contributed by atoms with E-state index < -0.39 is 36.5 Å². The summed E-state index contributed by atoms with van der Waals surface area (Å²) >= 11 is 0. The third kappa shape index (κ3) is 9.72. The zero-order chi connectivity index (χ0) is 20.3. The largest absolute Gasteiger partial charge is 0.520 e. The zero-order valence-electron chi connectivity index (χ0n) is 18.0. The summed E-state index contributed by atoms with van der Waals surface area (Å²) in [6, 6.07) is 0. The summed E-state index contributed by atoms with van der Waals surface area (Å²) in [6.07, 6.45) is 0.639. The molecule has 0 heterocycles. The summed E-state index contributed by atoms with van der Waals surface area (Å²) in [5.41, 5.74) is -0.877. The van der Waals surface area contributed by atoms with Gasteiger partial charge in [0.25, 0.3) is 11.9 Å². The van der Waals surface area contributed by atoms with Crippen molar-refractivity contribution in [1.82, 2.24) is 0 Å². The highest BCUT2D eigenvalue weighted by molar-refractivity contribution is 6.71. The summed E-state index contributed by atoms with van der Waals surface area (Å²) in [5.74, 6) is -1.09. The van der Waals surface area contributed by atoms with Gasteiger partial charge in [-0.05, 0) is 72.3 Å². The second-order valence-electron chi connectivity index (χ2n) is 9.65. The van der Waals surface area contributed by atoms with Crippen LogP contribution in [0.5, 0.6) is 0 Å². The van der Waals surface area contributed by atoms with Gasteiger partial charge < -0.3 is 13.3 Å². The highest BCUT2D eigenvalue weighted by atomic mass is 28.4. The molecule has 0 aliphatic carbocycles. The monoisotopic (exact) mass is 406 g/mol. The lowest BCUT2D eigenvalue weighted by Crippen LogP contribution is -2.52. The van der Waals surface area contributed by atoms with E-state index in [-0.39, 0.29) is 18.4 Å². The SMILES string of the molecule is CCC(CC(=O)O[Si](C)(C)C)(O[Si](C)(C)C)C(C)C(=O)O[Si](C)(C)C. The van der Waals surface area contributed by atoms with Crippen molar-refractivity contribution in [3.05, 3.63) is 0 Å². The first-order chi connectivity index (χ1) is 10.9. The maximum absolute atomic E-state index is 12.7. The topological polar surface area (TPSA) is 61.8 Å². The third-order valence-corrected chi connectivity index (χ3v) is 6.19. The van der Waals surface area contributed by atoms with Crippen LogP contribution in [0.1, 0.15) is 26.7 Å². The van der Waals surface area contributed by atoms with Crippen molar-refractivity contribution >= 4 is 36.9 Å². The van der Waals surface area contributed by atoms with E-state index >= 15 is 0 Å². The van der Waals surface area contributed by atoms with E-state index in [0.717, 1.165) is 0 Å². The number of hydrogen-bond acceptors (Lipinski definition) is 5. The molecule has 2 unspecified atom stereocenters. The van der Waals surface area contributed by atoms with Gasteiger partial charge in [0.05, 0.1) is 17.9 Å². The van der Waals surface area contributed by atoms with Crippen LogP contribution in [0.4, 0.5) is 0 Å². The van der Waals surface area contributed by atoms with Gasteiger partial charge in [0.1, 0.15) is 0 Å². The molecule has 2 atom stereocenters. The van der Waals surface area contributed by atoms with Crippen LogP contribution in [0, 0.1) is 5.92 Å². The van der Waals surface area contributed by atoms with E-state index in [0.29, 0.717) is 6.42 Å². The van der Waals surface area contributed by atoms with Crippen LogP contribution in [0.25, 0.3) is 0 Å². The predicted octanol–water partition coefficient (Wildman–Crippen LogP) is 4.77. The van der Waals surface area contributed by atoms with Gasteiger partial charge in [-0.3, -0.25) is 9.59 Å². The van der Waals surface area contributed by atoms with Gasteiger partial charge in [-0.2, -0.15) is 0 Å². The van der Waals surface area contributed by atoms with Gasteiger partial charge in [-0.25, -0.2) is 0 Å². The van der Waals surface area contributed by atoms with Gasteiger partial charge >= 0.3 is 0 Å². The van der Waals surface area contributed by atoms with Crippen molar-refractivity contribution in [3.8, 4) is 0 Å². The second kappa shape index (κ2) is 8.49. The van der Waals surface area contributed by atoms with Crippen molar-refractivity contribution in [1.29, 1.82) is 0 Å². The second-order valence-corrected chi connectivity index (χ2v) is 22.9. The van der Waals surface area contributed by atoms with Crippen LogP contribution in [0.3, 0.4) is 0 Å². The molecule has 0 saturated heterocycles. The molecule has 0 aromatic heterocycles. The zero-order valence-corrected chi connectivity index (χ0v) is 21.0. The van der Waals surface area contributed by atoms with Crippen LogP contribution in [0.2, 0.25) is 58.9 Å². The number of hydrogen-bond donors (Lipinski definition) is 0. The van der Waals surface area contributed by atoms with Gasteiger partial charge in [0.2, 0.25) is 16.6 Å². The molecule has 0 amide bonds. The van der Waals surface area contributed by atoms with Crippen LogP contribution in [0.15, 0.2) is 0 Å². The van der Waals surface area contributed by atoms with Crippen LogP contribution in [-0.4, -0.2) is 42.5 Å². The Hall–Kier alpha value is -0.449. The van der Waals surface area contributed by atoms with Crippen molar-refractivity contribution in [2.24, 2.45) is 5.92 Å². The standard InChI is InChI=1S/C17H38O5Si3/c1-12-17(22-25(9,10)11,13-15(18)20-23(3,4)5)14(2)16(19)21-24(6,7)8/h14H,12-13H2,1-11H3. The lowest BCUT2D eigenvalue weighted by Gasteiger charge is -2.42. The Morgan fingerprint density at radius 2 is 1.28 bits per heavy atom. The Bertz CT molecular complexity index is 474. The smallest absolute Gasteiger partial charge is 0.298 e. The highest BCUT2D eigenvalue weighted by Gasteiger charge is 2.46. The molecule has 0 rings (SSSR count). The number of rotatable bonds is 9. The first-order valence-corrected chi connectivity index (χ1v) is 19.3. The fourth-order valence-electron chi connectivity index (χ4n) is 2.62. The minimum Gasteiger partial charge on any atom is -0.520 e. The van der Waals surface area contributed by atoms with Gasteiger partial charge in [-0.15, -0.1) is 0 Å². The number of carbonyl (C=O) groups excluding carboxylic acids is 2. The maximum atomic E-state index is 12.7. The normalized spacial score (nSPS) is 16.8. The molecule has 5 nitrogen and oxygen atoms in total. The molecule has 0 aromatic rings. The molecular weight excluding hydrogens is 368 g/mol. The van der Waals surface area contributed by atoms with E-state index in [9.17, 15) is 9.59 Å². The highest BCUT2D eigenvalue weighted by Crippen LogP contribution is 2.35. The van der Waals surface area contributed by atoms with E-state index in [4.69, 9.17) is 13.3 Å². The first-order valence-electron chi connectivity index (χ1n) is 9.06. The molecule has 0 fully saturated rings. The molecule has 0 aliphatic rings. The molecule has 0 aliphatic heterocycles. The molecule has 148 valence electrons. The van der Waals surface area contributed by atoms with Crippen molar-refractivity contribution in [3.63, 3.8) is 0 Å². The summed E-state index contributed by atoms with van der Waals surface area (Å²) in [7, 11) is -6.01. The average Bonchev–Trinajstić information content (AvgIpc) is 2.30. The lowest BCUT2D eigenvalue weighted by atomic mass is 9.83. The Morgan fingerprint density at radius 3 is 1.60 bits per heavy atom. The molecule has 0 saturated carbocycles. The molecule has 0 N–H and O–H groups in total. The van der Waals surface area contributed by atoms with E-state index in [1.165, 1.54) is 0 Å². The van der Waals surface area contributed by atoms with Crippen molar-refractivity contribution in [2.75, 3.05) is 0 Å². The Labute approximate surface area is 157 Å². The van der Waals surface area contributed by atoms with Crippen molar-refractivity contribution in [2.45, 2.75) is 91.2 Å². The van der Waals surface area contributed by atoms with E-state index in [1.807, 2.05) is 53.1 Å². The number of carbonyl (C=O) groups is 2.